The smallest absolute Gasteiger partial charge is 0.305 e. The van der Waals surface area contributed by atoms with Crippen LogP contribution >= 0.6 is 0 Å². The van der Waals surface area contributed by atoms with Crippen molar-refractivity contribution in [2.24, 2.45) is 0 Å². The molecule has 0 saturated heterocycles. The van der Waals surface area contributed by atoms with Gasteiger partial charge in [-0.25, -0.2) is 13.1 Å². The molecule has 2 N–H and O–H groups in total. The van der Waals surface area contributed by atoms with Gasteiger partial charge in [0, 0.05) is 13.0 Å². The van der Waals surface area contributed by atoms with E-state index in [9.17, 15) is 13.2 Å². The molecule has 16 heavy (non-hydrogen) atoms. The van der Waals surface area contributed by atoms with Gasteiger partial charge < -0.3 is 10.1 Å². The summed E-state index contributed by atoms with van der Waals surface area (Å²) in [7, 11) is -0.157. The molecule has 0 bridgehead atoms. The third-order valence-corrected chi connectivity index (χ3v) is 3.42. The first-order valence-electron chi connectivity index (χ1n) is 5.20. The number of rotatable bonds is 9. The topological polar surface area (TPSA) is 84.5 Å². The minimum absolute atomic E-state index is 0.0400. The van der Waals surface area contributed by atoms with Crippen molar-refractivity contribution in [2.45, 2.75) is 19.3 Å². The highest BCUT2D eigenvalue weighted by molar-refractivity contribution is 7.89. The zero-order valence-corrected chi connectivity index (χ0v) is 10.6. The number of hydrogen-bond donors (Lipinski definition) is 2. The Hall–Kier alpha value is -0.660. The van der Waals surface area contributed by atoms with Gasteiger partial charge in [0.25, 0.3) is 0 Å². The molecule has 0 aliphatic heterocycles. The van der Waals surface area contributed by atoms with E-state index in [1.54, 1.807) is 0 Å². The summed E-state index contributed by atoms with van der Waals surface area (Å²) in [5.74, 6) is -0.424. The lowest BCUT2D eigenvalue weighted by Gasteiger charge is -2.05. The Bertz CT molecular complexity index is 290. The highest BCUT2D eigenvalue weighted by Gasteiger charge is 2.10. The normalized spacial score (nSPS) is 11.4. The van der Waals surface area contributed by atoms with Crippen LogP contribution in [0, 0.1) is 0 Å². The molecular weight excluding hydrogens is 232 g/mol. The largest absolute Gasteiger partial charge is 0.469 e. The van der Waals surface area contributed by atoms with Crippen LogP contribution in [0.25, 0.3) is 0 Å². The molecule has 0 heterocycles. The van der Waals surface area contributed by atoms with Crippen LogP contribution in [0.1, 0.15) is 19.3 Å². The Labute approximate surface area is 96.8 Å². The molecule has 0 aliphatic carbocycles. The maximum atomic E-state index is 11.4. The average molecular weight is 252 g/mol. The first kappa shape index (κ1) is 15.3. The fourth-order valence-corrected chi connectivity index (χ4v) is 2.20. The summed E-state index contributed by atoms with van der Waals surface area (Å²) in [6.45, 7) is 1.19. The van der Waals surface area contributed by atoms with Crippen LogP contribution in [0.5, 0.6) is 0 Å². The van der Waals surface area contributed by atoms with Gasteiger partial charge in [-0.2, -0.15) is 0 Å². The number of nitrogens with one attached hydrogen (secondary N) is 2. The maximum absolute atomic E-state index is 11.4. The maximum Gasteiger partial charge on any atom is 0.305 e. The van der Waals surface area contributed by atoms with Gasteiger partial charge in [-0.15, -0.1) is 0 Å². The standard InChI is InChI=1S/C9H20N2O4S/c1-10-6-4-7-11-16(13,14)8-3-5-9(12)15-2/h10-11H,3-8H2,1-2H3. The molecule has 0 aliphatic rings. The fraction of sp³-hybridized carbons (Fsp3) is 0.889. The Morgan fingerprint density at radius 3 is 2.50 bits per heavy atom. The Morgan fingerprint density at radius 1 is 1.25 bits per heavy atom. The van der Waals surface area contributed by atoms with Crippen molar-refractivity contribution in [3.8, 4) is 0 Å². The van der Waals surface area contributed by atoms with Crippen molar-refractivity contribution < 1.29 is 17.9 Å². The lowest BCUT2D eigenvalue weighted by molar-refractivity contribution is -0.140. The van der Waals surface area contributed by atoms with Crippen LogP contribution in [-0.2, 0) is 19.6 Å². The molecule has 0 fully saturated rings. The van der Waals surface area contributed by atoms with Gasteiger partial charge in [-0.05, 0) is 26.4 Å². The molecule has 0 radical (unpaired) electrons. The van der Waals surface area contributed by atoms with Crippen molar-refractivity contribution in [1.82, 2.24) is 10.0 Å². The molecule has 0 aromatic rings. The Balaban J connectivity index is 3.66. The molecule has 96 valence electrons. The van der Waals surface area contributed by atoms with E-state index >= 15 is 0 Å². The van der Waals surface area contributed by atoms with Crippen LogP contribution in [0.3, 0.4) is 0 Å². The van der Waals surface area contributed by atoms with E-state index in [-0.39, 0.29) is 24.6 Å². The van der Waals surface area contributed by atoms with Crippen LogP contribution in [0.4, 0.5) is 0 Å². The van der Waals surface area contributed by atoms with Crippen LogP contribution in [0.15, 0.2) is 0 Å². The molecule has 6 nitrogen and oxygen atoms in total. The highest BCUT2D eigenvalue weighted by Crippen LogP contribution is 1.96. The number of carbonyl (C=O) groups excluding carboxylic acids is 1. The number of methoxy groups -OCH3 is 1. The molecule has 0 aromatic heterocycles. The van der Waals surface area contributed by atoms with Crippen LogP contribution < -0.4 is 10.0 Å². The second-order valence-corrected chi connectivity index (χ2v) is 5.28. The van der Waals surface area contributed by atoms with Gasteiger partial charge in [-0.1, -0.05) is 0 Å². The minimum Gasteiger partial charge on any atom is -0.469 e. The molecular formula is C9H20N2O4S. The van der Waals surface area contributed by atoms with E-state index in [0.29, 0.717) is 6.54 Å². The van der Waals surface area contributed by atoms with Gasteiger partial charge in [0.2, 0.25) is 10.0 Å². The molecule has 0 aromatic carbocycles. The number of sulfonamides is 1. The summed E-state index contributed by atoms with van der Waals surface area (Å²) < 4.78 is 29.6. The van der Waals surface area contributed by atoms with Gasteiger partial charge in [0.05, 0.1) is 12.9 Å². The minimum atomic E-state index is -3.25. The number of esters is 1. The second-order valence-electron chi connectivity index (χ2n) is 3.35. The summed E-state index contributed by atoms with van der Waals surface area (Å²) in [6, 6.07) is 0. The third kappa shape index (κ3) is 8.63. The average Bonchev–Trinajstić information content (AvgIpc) is 2.24. The van der Waals surface area contributed by atoms with Gasteiger partial charge in [0.1, 0.15) is 0 Å². The first-order valence-corrected chi connectivity index (χ1v) is 6.86. The number of hydrogen-bond acceptors (Lipinski definition) is 5. The van der Waals surface area contributed by atoms with Gasteiger partial charge >= 0.3 is 5.97 Å². The fourth-order valence-electron chi connectivity index (χ4n) is 1.07. The summed E-state index contributed by atoms with van der Waals surface area (Å²) in [4.78, 5) is 10.8. The Morgan fingerprint density at radius 2 is 1.94 bits per heavy atom. The zero-order chi connectivity index (χ0) is 12.4. The van der Waals surface area contributed by atoms with Gasteiger partial charge in [0.15, 0.2) is 0 Å². The molecule has 0 spiro atoms. The summed E-state index contributed by atoms with van der Waals surface area (Å²) >= 11 is 0. The lowest BCUT2D eigenvalue weighted by Crippen LogP contribution is -2.29. The van der Waals surface area contributed by atoms with Gasteiger partial charge in [-0.3, -0.25) is 4.79 Å². The van der Waals surface area contributed by atoms with E-state index in [0.717, 1.165) is 13.0 Å². The quantitative estimate of drug-likeness (QED) is 0.425. The van der Waals surface area contributed by atoms with Crippen LogP contribution in [0.2, 0.25) is 0 Å². The van der Waals surface area contributed by atoms with E-state index in [1.807, 2.05) is 7.05 Å². The molecule has 0 rings (SSSR count). The summed E-state index contributed by atoms with van der Waals surface area (Å²) in [5.41, 5.74) is 0. The molecule has 0 unspecified atom stereocenters. The monoisotopic (exact) mass is 252 g/mol. The lowest BCUT2D eigenvalue weighted by atomic mass is 10.3. The second kappa shape index (κ2) is 8.49. The highest BCUT2D eigenvalue weighted by atomic mass is 32.2. The van der Waals surface area contributed by atoms with E-state index in [2.05, 4.69) is 14.8 Å². The van der Waals surface area contributed by atoms with E-state index in [4.69, 9.17) is 0 Å². The predicted octanol–water partition coefficient (Wildman–Crippen LogP) is -0.531. The molecule has 0 amide bonds. The number of ether oxygens (including phenoxy) is 1. The number of carbonyl (C=O) groups is 1. The van der Waals surface area contributed by atoms with Crippen molar-refractivity contribution in [1.29, 1.82) is 0 Å². The van der Waals surface area contributed by atoms with Crippen molar-refractivity contribution >= 4 is 16.0 Å². The van der Waals surface area contributed by atoms with Crippen molar-refractivity contribution in [3.05, 3.63) is 0 Å². The van der Waals surface area contributed by atoms with E-state index < -0.39 is 10.0 Å². The Kier molecular flexibility index (Phi) is 8.14. The molecule has 0 saturated carbocycles. The summed E-state index contributed by atoms with van der Waals surface area (Å²) in [5, 5.41) is 2.92. The van der Waals surface area contributed by atoms with Crippen molar-refractivity contribution in [2.75, 3.05) is 33.0 Å². The summed E-state index contributed by atoms with van der Waals surface area (Å²) in [6.07, 6.45) is 1.16. The predicted molar refractivity (Wildman–Crippen MR) is 61.6 cm³/mol. The third-order valence-electron chi connectivity index (χ3n) is 1.95. The van der Waals surface area contributed by atoms with Crippen LogP contribution in [-0.4, -0.2) is 47.4 Å². The molecule has 7 heteroatoms. The van der Waals surface area contributed by atoms with E-state index in [1.165, 1.54) is 7.11 Å². The SMILES string of the molecule is CNCCCNS(=O)(=O)CCCC(=O)OC. The first-order chi connectivity index (χ1) is 7.52. The van der Waals surface area contributed by atoms with Crippen molar-refractivity contribution in [3.63, 3.8) is 0 Å². The molecule has 0 atom stereocenters. The zero-order valence-electron chi connectivity index (χ0n) is 9.78.